The van der Waals surface area contributed by atoms with Crippen LogP contribution in [0.15, 0.2) is 102 Å². The fourth-order valence-corrected chi connectivity index (χ4v) is 8.02. The molecule has 1 saturated carbocycles. The number of aromatic nitrogens is 1. The number of amides is 4. The number of rotatable bonds is 14. The summed E-state index contributed by atoms with van der Waals surface area (Å²) in [6.45, 7) is 8.13. The van der Waals surface area contributed by atoms with E-state index >= 15 is 0 Å². The van der Waals surface area contributed by atoms with E-state index < -0.39 is 75.7 Å². The predicted molar refractivity (Wildman–Crippen MR) is 214 cm³/mol. The van der Waals surface area contributed by atoms with E-state index in [1.807, 2.05) is 30.3 Å². The van der Waals surface area contributed by atoms with Crippen molar-refractivity contribution in [3.8, 4) is 22.8 Å². The molecule has 2 fully saturated rings. The third-order valence-electron chi connectivity index (χ3n) is 9.93. The zero-order chi connectivity index (χ0) is 41.8. The standard InChI is InChI=1S/C42H47N5O10S/c1-6-27-24-42(27,39(51)46-58(53,54)30-15-11-8-12-16-30)45-37(49)35-22-29(25-47(35)38(50)32(19-20-48)44-40(52)57-41(2,3)4)56-36-23-33(26-13-9-7-10-14-26)43-34-21-28(55-5)17-18-31(34)36/h6-18,21,23,27,29,32,35,48H,1,19-20,22,24-25H2,2-5H3,(H,44,52)(H,45,49)(H,46,51)/t27-,29?,32+,35+,42-/m1/s1. The Morgan fingerprint density at radius 3 is 2.34 bits per heavy atom. The highest BCUT2D eigenvalue weighted by Crippen LogP contribution is 2.45. The number of benzene rings is 3. The van der Waals surface area contributed by atoms with Gasteiger partial charge in [-0.2, -0.15) is 0 Å². The minimum absolute atomic E-state index is 0.0566. The van der Waals surface area contributed by atoms with Gasteiger partial charge in [-0.25, -0.2) is 22.9 Å². The molecular weight excluding hydrogens is 767 g/mol. The van der Waals surface area contributed by atoms with Gasteiger partial charge in [0.05, 0.1) is 29.8 Å². The Kier molecular flexibility index (Phi) is 12.1. The quantitative estimate of drug-likeness (QED) is 0.134. The number of nitrogens with one attached hydrogen (secondary N) is 3. The van der Waals surface area contributed by atoms with Crippen molar-refractivity contribution in [1.29, 1.82) is 0 Å². The van der Waals surface area contributed by atoms with Crippen molar-refractivity contribution >= 4 is 44.7 Å². The van der Waals surface area contributed by atoms with E-state index in [0.717, 1.165) is 5.56 Å². The van der Waals surface area contributed by atoms with Crippen molar-refractivity contribution < 1.29 is 46.9 Å². The summed E-state index contributed by atoms with van der Waals surface area (Å²) in [4.78, 5) is 61.3. The third-order valence-corrected chi connectivity index (χ3v) is 11.3. The van der Waals surface area contributed by atoms with Gasteiger partial charge < -0.3 is 34.9 Å². The molecule has 3 aromatic carbocycles. The van der Waals surface area contributed by atoms with E-state index in [4.69, 9.17) is 19.2 Å². The second kappa shape index (κ2) is 16.8. The molecule has 1 unspecified atom stereocenters. The molecule has 4 aromatic rings. The molecule has 1 aliphatic carbocycles. The molecule has 1 aliphatic heterocycles. The highest BCUT2D eigenvalue weighted by Gasteiger charge is 2.61. The number of fused-ring (bicyclic) bond motifs is 1. The summed E-state index contributed by atoms with van der Waals surface area (Å²) >= 11 is 0. The van der Waals surface area contributed by atoms with Crippen molar-refractivity contribution in [2.75, 3.05) is 20.3 Å². The van der Waals surface area contributed by atoms with E-state index in [2.05, 4.69) is 21.9 Å². The fraction of sp³-hybridized carbons (Fsp3) is 0.357. The van der Waals surface area contributed by atoms with Crippen LogP contribution in [0.25, 0.3) is 22.2 Å². The van der Waals surface area contributed by atoms with E-state index in [1.54, 1.807) is 58.2 Å². The van der Waals surface area contributed by atoms with Crippen LogP contribution in [-0.2, 0) is 29.1 Å². The molecule has 15 nitrogen and oxygen atoms in total. The molecule has 2 aliphatic rings. The Balaban J connectivity index is 1.33. The number of ether oxygens (including phenoxy) is 3. The summed E-state index contributed by atoms with van der Waals surface area (Å²) in [5.41, 5.74) is -0.585. The van der Waals surface area contributed by atoms with Crippen molar-refractivity contribution in [3.05, 3.63) is 97.6 Å². The first kappa shape index (κ1) is 41.6. The summed E-state index contributed by atoms with van der Waals surface area (Å²) in [6, 6.07) is 21.3. The van der Waals surface area contributed by atoms with E-state index in [1.165, 1.54) is 35.2 Å². The number of pyridine rings is 1. The number of alkyl carbamates (subject to hydrolysis) is 1. The Morgan fingerprint density at radius 1 is 1.03 bits per heavy atom. The first-order chi connectivity index (χ1) is 27.6. The van der Waals surface area contributed by atoms with Crippen LogP contribution in [0.1, 0.15) is 40.0 Å². The maximum Gasteiger partial charge on any atom is 0.408 e. The average Bonchev–Trinajstić information content (AvgIpc) is 3.75. The van der Waals surface area contributed by atoms with Gasteiger partial charge in [-0.1, -0.05) is 54.6 Å². The van der Waals surface area contributed by atoms with Crippen molar-refractivity contribution in [2.24, 2.45) is 5.92 Å². The van der Waals surface area contributed by atoms with Crippen molar-refractivity contribution in [1.82, 2.24) is 25.2 Å². The van der Waals surface area contributed by atoms with Gasteiger partial charge in [0.2, 0.25) is 11.8 Å². The lowest BCUT2D eigenvalue weighted by molar-refractivity contribution is -0.141. The summed E-state index contributed by atoms with van der Waals surface area (Å²) in [6.07, 6.45) is -0.454. The molecule has 1 aromatic heterocycles. The Hall–Kier alpha value is -6.00. The predicted octanol–water partition coefficient (Wildman–Crippen LogP) is 4.10. The topological polar surface area (TPSA) is 203 Å². The van der Waals surface area contributed by atoms with Crippen LogP contribution in [0.3, 0.4) is 0 Å². The molecule has 5 atom stereocenters. The monoisotopic (exact) mass is 813 g/mol. The average molecular weight is 814 g/mol. The van der Waals surface area contributed by atoms with Crippen LogP contribution in [0, 0.1) is 5.92 Å². The molecule has 0 spiro atoms. The summed E-state index contributed by atoms with van der Waals surface area (Å²) < 4.78 is 45.9. The van der Waals surface area contributed by atoms with Gasteiger partial charge in [0.15, 0.2) is 0 Å². The SMILES string of the molecule is C=C[C@@H]1C[C@]1(NC(=O)[C@@H]1CC(Oc2cc(-c3ccccc3)nc3cc(OC)ccc23)CN1C(=O)[C@H](CCO)NC(=O)OC(C)(C)C)C(=O)NS(=O)(=O)c1ccccc1. The fourth-order valence-electron chi connectivity index (χ4n) is 6.96. The van der Waals surface area contributed by atoms with Crippen molar-refractivity contribution in [3.63, 3.8) is 0 Å². The Labute approximate surface area is 336 Å². The van der Waals surface area contributed by atoms with Crippen molar-refractivity contribution in [2.45, 2.75) is 74.3 Å². The molecule has 306 valence electrons. The molecule has 1 saturated heterocycles. The molecular formula is C42H47N5O10S. The van der Waals surface area contributed by atoms with Crippen LogP contribution >= 0.6 is 0 Å². The lowest BCUT2D eigenvalue weighted by Crippen LogP contribution is -2.58. The van der Waals surface area contributed by atoms with Crippen LogP contribution in [0.2, 0.25) is 0 Å². The van der Waals surface area contributed by atoms with E-state index in [-0.39, 0.29) is 30.7 Å². The van der Waals surface area contributed by atoms with Crippen LogP contribution in [-0.4, -0.2) is 96.8 Å². The number of methoxy groups -OCH3 is 1. The highest BCUT2D eigenvalue weighted by molar-refractivity contribution is 7.90. The number of sulfonamides is 1. The minimum Gasteiger partial charge on any atom is -0.497 e. The molecule has 0 radical (unpaired) electrons. The Bertz CT molecular complexity index is 2300. The molecule has 4 amide bonds. The summed E-state index contributed by atoms with van der Waals surface area (Å²) in [5.74, 6) is -2.06. The van der Waals surface area contributed by atoms with Crippen LogP contribution in [0.4, 0.5) is 4.79 Å². The van der Waals surface area contributed by atoms with Crippen LogP contribution in [0.5, 0.6) is 11.5 Å². The number of likely N-dealkylation sites (tertiary alicyclic amines) is 1. The number of hydrogen-bond donors (Lipinski definition) is 4. The molecule has 58 heavy (non-hydrogen) atoms. The number of nitrogens with zero attached hydrogens (tertiary/aromatic N) is 2. The number of aliphatic hydroxyl groups is 1. The first-order valence-electron chi connectivity index (χ1n) is 18.8. The number of hydrogen-bond acceptors (Lipinski definition) is 11. The van der Waals surface area contributed by atoms with Gasteiger partial charge in [0.1, 0.15) is 40.8 Å². The van der Waals surface area contributed by atoms with Gasteiger partial charge in [-0.3, -0.25) is 14.4 Å². The van der Waals surface area contributed by atoms with Gasteiger partial charge in [-0.15, -0.1) is 6.58 Å². The molecule has 6 rings (SSSR count). The zero-order valence-electron chi connectivity index (χ0n) is 32.6. The number of carbonyl (C=O) groups is 4. The molecule has 0 bridgehead atoms. The number of carbonyl (C=O) groups excluding carboxylic acids is 4. The van der Waals surface area contributed by atoms with Gasteiger partial charge in [-0.05, 0) is 57.9 Å². The highest BCUT2D eigenvalue weighted by atomic mass is 32.2. The summed E-state index contributed by atoms with van der Waals surface area (Å²) in [5, 5.41) is 15.8. The Morgan fingerprint density at radius 2 is 1.72 bits per heavy atom. The second-order valence-corrected chi connectivity index (χ2v) is 16.9. The normalized spacial score (nSPS) is 20.7. The maximum atomic E-state index is 14.4. The lowest BCUT2D eigenvalue weighted by Gasteiger charge is -2.30. The zero-order valence-corrected chi connectivity index (χ0v) is 33.5. The minimum atomic E-state index is -4.30. The molecule has 4 N–H and O–H groups in total. The molecule has 16 heteroatoms. The maximum absolute atomic E-state index is 14.4. The van der Waals surface area contributed by atoms with Crippen LogP contribution < -0.4 is 24.8 Å². The van der Waals surface area contributed by atoms with Gasteiger partial charge >= 0.3 is 6.09 Å². The summed E-state index contributed by atoms with van der Waals surface area (Å²) in [7, 11) is -2.76. The largest absolute Gasteiger partial charge is 0.497 e. The third kappa shape index (κ3) is 9.24. The second-order valence-electron chi connectivity index (χ2n) is 15.2. The number of aliphatic hydroxyl groups excluding tert-OH is 1. The smallest absolute Gasteiger partial charge is 0.408 e. The van der Waals surface area contributed by atoms with E-state index in [9.17, 15) is 32.7 Å². The van der Waals surface area contributed by atoms with Gasteiger partial charge in [0, 0.05) is 42.0 Å². The lowest BCUT2D eigenvalue weighted by atomic mass is 10.1. The van der Waals surface area contributed by atoms with Gasteiger partial charge in [0.25, 0.3) is 15.9 Å². The van der Waals surface area contributed by atoms with E-state index in [0.29, 0.717) is 28.1 Å². The first-order valence-corrected chi connectivity index (χ1v) is 20.2. The molecule has 2 heterocycles.